The summed E-state index contributed by atoms with van der Waals surface area (Å²) < 4.78 is 2.15. The highest BCUT2D eigenvalue weighted by Gasteiger charge is 2.09. The second kappa shape index (κ2) is 5.68. The van der Waals surface area contributed by atoms with Crippen LogP contribution >= 0.6 is 0 Å². The van der Waals surface area contributed by atoms with Gasteiger partial charge in [0.05, 0.1) is 12.2 Å². The average molecular weight is 275 g/mol. The van der Waals surface area contributed by atoms with Crippen molar-refractivity contribution in [2.45, 2.75) is 19.9 Å². The van der Waals surface area contributed by atoms with Crippen LogP contribution in [0.1, 0.15) is 18.2 Å². The molecule has 2 rings (SSSR count). The van der Waals surface area contributed by atoms with E-state index in [-0.39, 0.29) is 5.82 Å². The third-order valence-corrected chi connectivity index (χ3v) is 3.11. The van der Waals surface area contributed by atoms with E-state index in [4.69, 9.17) is 0 Å². The summed E-state index contributed by atoms with van der Waals surface area (Å²) in [6, 6.07) is 3.88. The Morgan fingerprint density at radius 3 is 2.75 bits per heavy atom. The van der Waals surface area contributed by atoms with Gasteiger partial charge in [0.2, 0.25) is 5.82 Å². The van der Waals surface area contributed by atoms with Crippen LogP contribution in [-0.4, -0.2) is 19.3 Å². The van der Waals surface area contributed by atoms with E-state index in [1.165, 1.54) is 14.1 Å². The second-order valence-electron chi connectivity index (χ2n) is 4.44. The number of hydrogen-bond donors (Lipinski definition) is 1. The first-order valence-corrected chi connectivity index (χ1v) is 6.35. The monoisotopic (exact) mass is 275 g/mol. The van der Waals surface area contributed by atoms with E-state index < -0.39 is 11.2 Å². The molecule has 20 heavy (non-hydrogen) atoms. The molecule has 7 nitrogen and oxygen atoms in total. The molecule has 2 aromatic rings. The van der Waals surface area contributed by atoms with E-state index in [2.05, 4.69) is 15.4 Å². The highest BCUT2D eigenvalue weighted by atomic mass is 16.2. The summed E-state index contributed by atoms with van der Waals surface area (Å²) in [4.78, 5) is 27.8. The number of rotatable bonds is 4. The van der Waals surface area contributed by atoms with Gasteiger partial charge < -0.3 is 5.32 Å². The molecular formula is C13H17N5O2. The number of aromatic nitrogens is 4. The van der Waals surface area contributed by atoms with Crippen molar-refractivity contribution in [3.63, 3.8) is 0 Å². The molecule has 2 aromatic heterocycles. The van der Waals surface area contributed by atoms with Gasteiger partial charge in [-0.25, -0.2) is 9.48 Å². The molecule has 7 heteroatoms. The lowest BCUT2D eigenvalue weighted by Gasteiger charge is -2.09. The highest BCUT2D eigenvalue weighted by Crippen LogP contribution is 2.07. The number of hydrogen-bond acceptors (Lipinski definition) is 5. The van der Waals surface area contributed by atoms with Gasteiger partial charge in [-0.1, -0.05) is 13.0 Å². The maximum atomic E-state index is 11.9. The van der Waals surface area contributed by atoms with E-state index in [0.29, 0.717) is 6.54 Å². The predicted molar refractivity (Wildman–Crippen MR) is 75.7 cm³/mol. The fourth-order valence-corrected chi connectivity index (χ4v) is 1.93. The molecule has 0 atom stereocenters. The molecule has 0 aliphatic rings. The lowest BCUT2D eigenvalue weighted by molar-refractivity contribution is 0.604. The minimum Gasteiger partial charge on any atom is -0.358 e. The van der Waals surface area contributed by atoms with Crippen LogP contribution in [0.5, 0.6) is 0 Å². The second-order valence-corrected chi connectivity index (χ2v) is 4.44. The summed E-state index contributed by atoms with van der Waals surface area (Å²) in [5, 5.41) is 6.88. The Labute approximate surface area is 115 Å². The molecule has 0 bridgehead atoms. The van der Waals surface area contributed by atoms with E-state index in [1.54, 1.807) is 6.20 Å². The first-order chi connectivity index (χ1) is 9.54. The van der Waals surface area contributed by atoms with Gasteiger partial charge in [-0.15, -0.1) is 5.10 Å². The van der Waals surface area contributed by atoms with Crippen molar-refractivity contribution in [3.8, 4) is 0 Å². The van der Waals surface area contributed by atoms with Gasteiger partial charge in [0.25, 0.3) is 5.56 Å². The number of nitrogens with one attached hydrogen (secondary N) is 1. The third kappa shape index (κ3) is 2.61. The summed E-state index contributed by atoms with van der Waals surface area (Å²) in [5.74, 6) is 0.141. The molecule has 2 heterocycles. The number of nitrogens with zero attached hydrogens (tertiary/aromatic N) is 4. The fraction of sp³-hybridized carbons (Fsp3) is 0.385. The van der Waals surface area contributed by atoms with Crippen molar-refractivity contribution in [3.05, 3.63) is 50.4 Å². The summed E-state index contributed by atoms with van der Waals surface area (Å²) in [7, 11) is 2.93. The lowest BCUT2D eigenvalue weighted by atomic mass is 10.1. The molecule has 0 radical (unpaired) electrons. The lowest BCUT2D eigenvalue weighted by Crippen LogP contribution is -2.40. The van der Waals surface area contributed by atoms with E-state index >= 15 is 0 Å². The molecule has 1 N–H and O–H groups in total. The zero-order chi connectivity index (χ0) is 14.7. The van der Waals surface area contributed by atoms with Crippen LogP contribution in [0.2, 0.25) is 0 Å². The van der Waals surface area contributed by atoms with Crippen LogP contribution in [0.25, 0.3) is 0 Å². The van der Waals surface area contributed by atoms with Crippen molar-refractivity contribution >= 4 is 5.82 Å². The largest absolute Gasteiger partial charge is 0.358 e. The summed E-state index contributed by atoms with van der Waals surface area (Å²) >= 11 is 0. The highest BCUT2D eigenvalue weighted by molar-refractivity contribution is 5.32. The van der Waals surface area contributed by atoms with Crippen LogP contribution in [0.4, 0.5) is 5.82 Å². The summed E-state index contributed by atoms with van der Waals surface area (Å²) in [5.41, 5.74) is 1.09. The molecule has 106 valence electrons. The van der Waals surface area contributed by atoms with Crippen molar-refractivity contribution in [2.75, 3.05) is 5.32 Å². The van der Waals surface area contributed by atoms with Gasteiger partial charge in [0.15, 0.2) is 0 Å². The fourth-order valence-electron chi connectivity index (χ4n) is 1.93. The van der Waals surface area contributed by atoms with Crippen molar-refractivity contribution < 1.29 is 0 Å². The summed E-state index contributed by atoms with van der Waals surface area (Å²) in [6.07, 6.45) is 2.58. The van der Waals surface area contributed by atoms with Crippen LogP contribution in [0, 0.1) is 0 Å². The Balaban J connectivity index is 2.28. The van der Waals surface area contributed by atoms with Crippen LogP contribution in [0.15, 0.2) is 27.9 Å². The van der Waals surface area contributed by atoms with E-state index in [1.807, 2.05) is 19.1 Å². The number of anilines is 1. The minimum atomic E-state index is -0.451. The topological polar surface area (TPSA) is 81.8 Å². The van der Waals surface area contributed by atoms with Crippen molar-refractivity contribution in [1.82, 2.24) is 19.3 Å². The number of aryl methyl sites for hydroxylation is 2. The first kappa shape index (κ1) is 14.0. The maximum Gasteiger partial charge on any atom is 0.346 e. The van der Waals surface area contributed by atoms with Gasteiger partial charge in [-0.3, -0.25) is 14.3 Å². The van der Waals surface area contributed by atoms with Crippen molar-refractivity contribution in [2.24, 2.45) is 14.1 Å². The Bertz CT molecular complexity index is 732. The zero-order valence-corrected chi connectivity index (χ0v) is 11.8. The zero-order valence-electron chi connectivity index (χ0n) is 11.8. The third-order valence-electron chi connectivity index (χ3n) is 3.11. The van der Waals surface area contributed by atoms with Crippen LogP contribution in [-0.2, 0) is 27.1 Å². The number of pyridine rings is 1. The molecule has 0 aliphatic carbocycles. The quantitative estimate of drug-likeness (QED) is 0.852. The molecule has 0 fully saturated rings. The van der Waals surface area contributed by atoms with Gasteiger partial charge in [-0.05, 0) is 18.1 Å². The molecule has 0 amide bonds. The SMILES string of the molecule is CCc1cccnc1CNc1nn(C)c(=O)n(C)c1=O. The molecule has 0 aromatic carbocycles. The minimum absolute atomic E-state index is 0.141. The van der Waals surface area contributed by atoms with Crippen LogP contribution in [0.3, 0.4) is 0 Å². The standard InChI is InChI=1S/C13H17N5O2/c1-4-9-6-5-7-14-10(9)8-15-11-12(19)17(2)13(20)18(3)16-11/h5-7H,4,8H2,1-3H3,(H,15,16). The Kier molecular flexibility index (Phi) is 3.97. The Hall–Kier alpha value is -2.44. The average Bonchev–Trinajstić information content (AvgIpc) is 2.47. The molecular weight excluding hydrogens is 258 g/mol. The molecule has 0 unspecified atom stereocenters. The Morgan fingerprint density at radius 1 is 1.30 bits per heavy atom. The van der Waals surface area contributed by atoms with Gasteiger partial charge in [0, 0.05) is 20.3 Å². The predicted octanol–water partition coefficient (Wildman–Crippen LogP) is 0.0485. The first-order valence-electron chi connectivity index (χ1n) is 6.35. The normalized spacial score (nSPS) is 10.6. The molecule has 0 spiro atoms. The van der Waals surface area contributed by atoms with E-state index in [0.717, 1.165) is 26.9 Å². The van der Waals surface area contributed by atoms with Gasteiger partial charge >= 0.3 is 5.69 Å². The molecule has 0 aliphatic heterocycles. The summed E-state index contributed by atoms with van der Waals surface area (Å²) in [6.45, 7) is 2.44. The Morgan fingerprint density at radius 2 is 2.05 bits per heavy atom. The smallest absolute Gasteiger partial charge is 0.346 e. The molecule has 0 saturated heterocycles. The van der Waals surface area contributed by atoms with Crippen molar-refractivity contribution in [1.29, 1.82) is 0 Å². The van der Waals surface area contributed by atoms with Gasteiger partial charge in [-0.2, -0.15) is 0 Å². The maximum absolute atomic E-state index is 11.9. The van der Waals surface area contributed by atoms with E-state index in [9.17, 15) is 9.59 Å². The van der Waals surface area contributed by atoms with Gasteiger partial charge in [0.1, 0.15) is 0 Å². The molecule has 0 saturated carbocycles. The van der Waals surface area contributed by atoms with Crippen LogP contribution < -0.4 is 16.6 Å².